The van der Waals surface area contributed by atoms with E-state index < -0.39 is 0 Å². The molecule has 14 heavy (non-hydrogen) atoms. The van der Waals surface area contributed by atoms with E-state index in [1.54, 1.807) is 12.1 Å². The monoisotopic (exact) mass is 196 g/mol. The van der Waals surface area contributed by atoms with Crippen LogP contribution in [0.3, 0.4) is 0 Å². The third-order valence-corrected chi connectivity index (χ3v) is 2.42. The first-order chi connectivity index (χ1) is 6.76. The minimum Gasteiger partial charge on any atom is -0.330 e. The van der Waals surface area contributed by atoms with Crippen molar-refractivity contribution in [2.75, 3.05) is 13.1 Å². The fourth-order valence-corrected chi connectivity index (χ4v) is 1.35. The summed E-state index contributed by atoms with van der Waals surface area (Å²) in [5.74, 6) is 0.183. The number of aryl methyl sites for hydroxylation is 1. The molecule has 0 aliphatic rings. The summed E-state index contributed by atoms with van der Waals surface area (Å²) >= 11 is 0. The minimum atomic E-state index is -0.192. The lowest BCUT2D eigenvalue weighted by Gasteiger charge is -2.11. The molecule has 0 aromatic heterocycles. The van der Waals surface area contributed by atoms with Crippen molar-refractivity contribution in [3.05, 3.63) is 35.6 Å². The summed E-state index contributed by atoms with van der Waals surface area (Å²) in [7, 11) is 0. The normalized spacial score (nSPS) is 10.9. The summed E-state index contributed by atoms with van der Waals surface area (Å²) < 4.78 is 12.6. The number of halogens is 1. The summed E-state index contributed by atoms with van der Waals surface area (Å²) in [5, 5.41) is 0. The van der Waals surface area contributed by atoms with E-state index in [1.807, 2.05) is 0 Å². The lowest BCUT2D eigenvalue weighted by atomic mass is 10.00. The van der Waals surface area contributed by atoms with Crippen molar-refractivity contribution < 1.29 is 4.39 Å². The number of hydrogen-bond acceptors (Lipinski definition) is 2. The highest BCUT2D eigenvalue weighted by Crippen LogP contribution is 2.09. The van der Waals surface area contributed by atoms with Gasteiger partial charge in [0, 0.05) is 0 Å². The highest BCUT2D eigenvalue weighted by atomic mass is 19.1. The Labute approximate surface area is 84.1 Å². The number of hydrogen-bond donors (Lipinski definition) is 2. The molecule has 0 saturated carbocycles. The van der Waals surface area contributed by atoms with Gasteiger partial charge in [-0.3, -0.25) is 0 Å². The van der Waals surface area contributed by atoms with E-state index in [0.29, 0.717) is 19.0 Å². The SMILES string of the molecule is NCC(CN)CCc1ccc(F)cc1. The van der Waals surface area contributed by atoms with Gasteiger partial charge in [-0.05, 0) is 49.5 Å². The molecule has 0 atom stereocenters. The Hall–Kier alpha value is -0.930. The molecule has 0 saturated heterocycles. The highest BCUT2D eigenvalue weighted by molar-refractivity contribution is 5.16. The first-order valence-electron chi connectivity index (χ1n) is 4.91. The van der Waals surface area contributed by atoms with Crippen LogP contribution in [0.1, 0.15) is 12.0 Å². The van der Waals surface area contributed by atoms with E-state index in [1.165, 1.54) is 12.1 Å². The van der Waals surface area contributed by atoms with Crippen LogP contribution >= 0.6 is 0 Å². The van der Waals surface area contributed by atoms with Gasteiger partial charge in [0.2, 0.25) is 0 Å². The Morgan fingerprint density at radius 3 is 2.14 bits per heavy atom. The molecule has 3 heteroatoms. The molecule has 0 aliphatic carbocycles. The van der Waals surface area contributed by atoms with Gasteiger partial charge >= 0.3 is 0 Å². The lowest BCUT2D eigenvalue weighted by Crippen LogP contribution is -2.23. The maximum absolute atomic E-state index is 12.6. The lowest BCUT2D eigenvalue weighted by molar-refractivity contribution is 0.507. The van der Waals surface area contributed by atoms with Gasteiger partial charge in [0.1, 0.15) is 5.82 Å². The largest absolute Gasteiger partial charge is 0.330 e. The zero-order chi connectivity index (χ0) is 10.4. The molecule has 4 N–H and O–H groups in total. The predicted octanol–water partition coefficient (Wildman–Crippen LogP) is 1.29. The predicted molar refractivity (Wildman–Crippen MR) is 56.3 cm³/mol. The Bertz CT molecular complexity index is 254. The van der Waals surface area contributed by atoms with Crippen LogP contribution in [-0.2, 0) is 6.42 Å². The molecular weight excluding hydrogens is 179 g/mol. The van der Waals surface area contributed by atoms with Gasteiger partial charge in [0.05, 0.1) is 0 Å². The van der Waals surface area contributed by atoms with Gasteiger partial charge in [-0.15, -0.1) is 0 Å². The zero-order valence-corrected chi connectivity index (χ0v) is 8.25. The van der Waals surface area contributed by atoms with Gasteiger partial charge in [0.15, 0.2) is 0 Å². The zero-order valence-electron chi connectivity index (χ0n) is 8.25. The standard InChI is InChI=1S/C11H17FN2/c12-11-5-3-9(4-6-11)1-2-10(7-13)8-14/h3-6,10H,1-2,7-8,13-14H2. The first-order valence-corrected chi connectivity index (χ1v) is 4.91. The Balaban J connectivity index is 2.41. The van der Waals surface area contributed by atoms with E-state index in [4.69, 9.17) is 11.5 Å². The number of nitrogens with two attached hydrogens (primary N) is 2. The van der Waals surface area contributed by atoms with E-state index in [-0.39, 0.29) is 5.82 Å². The van der Waals surface area contributed by atoms with Crippen LogP contribution in [0.4, 0.5) is 4.39 Å². The molecule has 0 bridgehead atoms. The van der Waals surface area contributed by atoms with Crippen LogP contribution in [0.5, 0.6) is 0 Å². The Morgan fingerprint density at radius 1 is 1.07 bits per heavy atom. The fourth-order valence-electron chi connectivity index (χ4n) is 1.35. The van der Waals surface area contributed by atoms with Crippen molar-refractivity contribution in [3.8, 4) is 0 Å². The van der Waals surface area contributed by atoms with Crippen molar-refractivity contribution >= 4 is 0 Å². The van der Waals surface area contributed by atoms with E-state index in [2.05, 4.69) is 0 Å². The second-order valence-electron chi connectivity index (χ2n) is 3.50. The first kappa shape index (κ1) is 11.1. The molecular formula is C11H17FN2. The van der Waals surface area contributed by atoms with Gasteiger partial charge in [0.25, 0.3) is 0 Å². The molecule has 1 aromatic rings. The molecule has 0 spiro atoms. The van der Waals surface area contributed by atoms with Crippen LogP contribution in [0.15, 0.2) is 24.3 Å². The molecule has 0 radical (unpaired) electrons. The van der Waals surface area contributed by atoms with Crippen molar-refractivity contribution in [1.82, 2.24) is 0 Å². The molecule has 0 heterocycles. The van der Waals surface area contributed by atoms with Crippen LogP contribution < -0.4 is 11.5 Å². The fraction of sp³-hybridized carbons (Fsp3) is 0.455. The highest BCUT2D eigenvalue weighted by Gasteiger charge is 2.04. The topological polar surface area (TPSA) is 52.0 Å². The maximum Gasteiger partial charge on any atom is 0.123 e. The quantitative estimate of drug-likeness (QED) is 0.745. The third-order valence-electron chi connectivity index (χ3n) is 2.42. The van der Waals surface area contributed by atoms with Crippen molar-refractivity contribution in [1.29, 1.82) is 0 Å². The van der Waals surface area contributed by atoms with Crippen LogP contribution in [-0.4, -0.2) is 13.1 Å². The minimum absolute atomic E-state index is 0.192. The Kier molecular flexibility index (Phi) is 4.56. The molecule has 1 rings (SSSR count). The summed E-state index contributed by atoms with van der Waals surface area (Å²) in [4.78, 5) is 0. The number of rotatable bonds is 5. The van der Waals surface area contributed by atoms with E-state index >= 15 is 0 Å². The second kappa shape index (κ2) is 5.73. The van der Waals surface area contributed by atoms with Crippen molar-refractivity contribution in [3.63, 3.8) is 0 Å². The Morgan fingerprint density at radius 2 is 1.64 bits per heavy atom. The van der Waals surface area contributed by atoms with Crippen LogP contribution in [0.25, 0.3) is 0 Å². The van der Waals surface area contributed by atoms with Gasteiger partial charge in [-0.2, -0.15) is 0 Å². The molecule has 0 fully saturated rings. The third kappa shape index (κ3) is 3.44. The molecule has 0 unspecified atom stereocenters. The molecule has 2 nitrogen and oxygen atoms in total. The second-order valence-corrected chi connectivity index (χ2v) is 3.50. The van der Waals surface area contributed by atoms with E-state index in [0.717, 1.165) is 18.4 Å². The summed E-state index contributed by atoms with van der Waals surface area (Å²) in [6.45, 7) is 1.25. The average molecular weight is 196 g/mol. The average Bonchev–Trinajstić information content (AvgIpc) is 2.22. The van der Waals surface area contributed by atoms with Crippen LogP contribution in [0.2, 0.25) is 0 Å². The van der Waals surface area contributed by atoms with Gasteiger partial charge in [-0.1, -0.05) is 12.1 Å². The molecule has 78 valence electrons. The summed E-state index contributed by atoms with van der Waals surface area (Å²) in [5.41, 5.74) is 12.2. The number of benzene rings is 1. The maximum atomic E-state index is 12.6. The van der Waals surface area contributed by atoms with Gasteiger partial charge in [-0.25, -0.2) is 4.39 Å². The van der Waals surface area contributed by atoms with E-state index in [9.17, 15) is 4.39 Å². The van der Waals surface area contributed by atoms with Crippen molar-refractivity contribution in [2.45, 2.75) is 12.8 Å². The molecule has 0 amide bonds. The summed E-state index contributed by atoms with van der Waals surface area (Å²) in [6, 6.07) is 6.57. The van der Waals surface area contributed by atoms with Gasteiger partial charge < -0.3 is 11.5 Å². The van der Waals surface area contributed by atoms with Crippen molar-refractivity contribution in [2.24, 2.45) is 17.4 Å². The summed E-state index contributed by atoms with van der Waals surface area (Å²) in [6.07, 6.45) is 1.89. The smallest absolute Gasteiger partial charge is 0.123 e. The molecule has 0 aliphatic heterocycles. The molecule has 1 aromatic carbocycles. The van der Waals surface area contributed by atoms with Crippen LogP contribution in [0, 0.1) is 11.7 Å².